The third-order valence-corrected chi connectivity index (χ3v) is 11.8. The van der Waals surface area contributed by atoms with Gasteiger partial charge in [-0.25, -0.2) is 9.78 Å². The average Bonchev–Trinajstić information content (AvgIpc) is 3.28. The number of nitrogens with zero attached hydrogens (tertiary/aromatic N) is 7. The molecule has 6 rings (SSSR count). The van der Waals surface area contributed by atoms with Gasteiger partial charge in [-0.2, -0.15) is 0 Å². The van der Waals surface area contributed by atoms with Crippen LogP contribution in [0.4, 0.5) is 10.5 Å². The second-order valence-corrected chi connectivity index (χ2v) is 17.7. The van der Waals surface area contributed by atoms with Crippen LogP contribution in [0.3, 0.4) is 0 Å². The number of aliphatic imine (C=N–C) groups is 1. The highest BCUT2D eigenvalue weighted by Crippen LogP contribution is 2.24. The van der Waals surface area contributed by atoms with E-state index in [1.807, 2.05) is 55.3 Å². The summed E-state index contributed by atoms with van der Waals surface area (Å²) < 4.78 is 12.0. The van der Waals surface area contributed by atoms with Crippen molar-refractivity contribution in [2.75, 3.05) is 64.3 Å². The van der Waals surface area contributed by atoms with Crippen molar-refractivity contribution in [1.29, 1.82) is 0 Å². The van der Waals surface area contributed by atoms with Crippen LogP contribution in [-0.2, 0) is 27.2 Å². The van der Waals surface area contributed by atoms with E-state index >= 15 is 0 Å². The van der Waals surface area contributed by atoms with E-state index < -0.39 is 11.7 Å². The van der Waals surface area contributed by atoms with Gasteiger partial charge in [0, 0.05) is 77.7 Å². The fourth-order valence-electron chi connectivity index (χ4n) is 8.10. The summed E-state index contributed by atoms with van der Waals surface area (Å²) in [5.74, 6) is -0.377. The third-order valence-electron chi connectivity index (χ3n) is 11.8. The Balaban J connectivity index is 0.939. The molecule has 3 fully saturated rings. The second kappa shape index (κ2) is 21.6. The largest absolute Gasteiger partial charge is 0.444 e. The molecule has 3 aliphatic rings. The second-order valence-electron chi connectivity index (χ2n) is 17.7. The lowest BCUT2D eigenvalue weighted by Gasteiger charge is -2.37. The summed E-state index contributed by atoms with van der Waals surface area (Å²) >= 11 is 0. The molecule has 3 amide bonds. The van der Waals surface area contributed by atoms with Crippen LogP contribution in [0.15, 0.2) is 94.7 Å². The molecule has 3 aromatic heterocycles. The number of carbonyl (C=O) groups excluding carboxylic acids is 3. The Bertz CT molecular complexity index is 2320. The number of nitrogens with one attached hydrogen (secondary N) is 2. The Morgan fingerprint density at radius 2 is 1.58 bits per heavy atom. The number of rotatable bonds is 14. The van der Waals surface area contributed by atoms with E-state index in [1.54, 1.807) is 44.0 Å². The number of H-pyrrole nitrogens is 1. The van der Waals surface area contributed by atoms with Gasteiger partial charge in [-0.3, -0.25) is 34.6 Å². The minimum Gasteiger partial charge on any atom is -0.444 e. The molecule has 342 valence electrons. The Hall–Kier alpha value is -5.93. The van der Waals surface area contributed by atoms with Gasteiger partial charge < -0.3 is 29.2 Å². The molecule has 3 saturated heterocycles. The molecule has 3 aliphatic heterocycles. The molecular formula is C49H65N9O6. The van der Waals surface area contributed by atoms with Gasteiger partial charge in [-0.15, -0.1) is 0 Å². The molecule has 0 bridgehead atoms. The molecule has 0 atom stereocenters. The zero-order chi connectivity index (χ0) is 46.0. The maximum atomic E-state index is 13.9. The van der Waals surface area contributed by atoms with Crippen molar-refractivity contribution in [2.24, 2.45) is 4.99 Å². The number of carbonyl (C=O) groups is 3. The van der Waals surface area contributed by atoms with E-state index in [4.69, 9.17) is 9.47 Å². The Morgan fingerprint density at radius 3 is 2.17 bits per heavy atom. The highest BCUT2D eigenvalue weighted by Gasteiger charge is 2.32. The molecule has 15 nitrogen and oxygen atoms in total. The summed E-state index contributed by atoms with van der Waals surface area (Å²) in [5, 5.41) is 2.73. The van der Waals surface area contributed by atoms with Gasteiger partial charge in [-0.1, -0.05) is 44.7 Å². The zero-order valence-electron chi connectivity index (χ0n) is 38.5. The van der Waals surface area contributed by atoms with Crippen LogP contribution in [0.2, 0.25) is 0 Å². The molecular weight excluding hydrogens is 811 g/mol. The zero-order valence-corrected chi connectivity index (χ0v) is 38.5. The number of fused-ring (bicyclic) bond motifs is 1. The Morgan fingerprint density at radius 1 is 0.906 bits per heavy atom. The first-order chi connectivity index (χ1) is 30.6. The van der Waals surface area contributed by atoms with E-state index in [2.05, 4.69) is 48.2 Å². The van der Waals surface area contributed by atoms with Gasteiger partial charge in [0.15, 0.2) is 0 Å². The van der Waals surface area contributed by atoms with Gasteiger partial charge in [-0.05, 0) is 101 Å². The van der Waals surface area contributed by atoms with Crippen LogP contribution in [0.25, 0.3) is 11.0 Å². The quantitative estimate of drug-likeness (QED) is 0.137. The number of hydrogen-bond acceptors (Lipinski definition) is 11. The number of aromatic nitrogens is 3. The normalized spacial score (nSPS) is 17.6. The van der Waals surface area contributed by atoms with Crippen molar-refractivity contribution in [3.05, 3.63) is 112 Å². The topological polar surface area (TPSA) is 166 Å². The van der Waals surface area contributed by atoms with Crippen LogP contribution in [0.5, 0.6) is 0 Å². The molecule has 0 aromatic carbocycles. The number of alkyl carbamates (subject to hydrolysis) is 1. The maximum Gasteiger partial charge on any atom is 0.412 e. The maximum absolute atomic E-state index is 13.9. The number of anilines is 1. The number of aromatic amines is 1. The van der Waals surface area contributed by atoms with Gasteiger partial charge in [0.1, 0.15) is 17.0 Å². The Labute approximate surface area is 377 Å². The van der Waals surface area contributed by atoms with Crippen molar-refractivity contribution in [1.82, 2.24) is 35.0 Å². The van der Waals surface area contributed by atoms with Crippen molar-refractivity contribution in [2.45, 2.75) is 97.5 Å². The molecule has 64 heavy (non-hydrogen) atoms. The van der Waals surface area contributed by atoms with Crippen LogP contribution < -0.4 is 15.8 Å². The molecule has 3 aromatic rings. The predicted octanol–water partition coefficient (Wildman–Crippen LogP) is 6.37. The number of pyridine rings is 3. The van der Waals surface area contributed by atoms with E-state index in [0.29, 0.717) is 56.7 Å². The SMILES string of the molecule is C=C(/C=C/C(=C)CC)/C=C(/NC(=O)OC(C)(C)C)C(=NC)C(=O)N1CCC(OC2CCN(C(=O)c3ccc(N4CCN(Cc5cnc6cc(CC)c(=O)[nH]c6c5)CC4)cn3)CC2)CC1. The van der Waals surface area contributed by atoms with Crippen molar-refractivity contribution >= 4 is 40.3 Å². The number of aryl methyl sites for hydroxylation is 1. The first-order valence-electron chi connectivity index (χ1n) is 22.5. The van der Waals surface area contributed by atoms with Crippen LogP contribution in [0, 0.1) is 0 Å². The lowest BCUT2D eigenvalue weighted by molar-refractivity contribution is -0.128. The minimum absolute atomic E-state index is 0.0162. The highest BCUT2D eigenvalue weighted by atomic mass is 16.6. The number of hydrogen-bond donors (Lipinski definition) is 2. The summed E-state index contributed by atoms with van der Waals surface area (Å²) in [7, 11) is 1.53. The van der Waals surface area contributed by atoms with E-state index in [9.17, 15) is 19.2 Å². The summed E-state index contributed by atoms with van der Waals surface area (Å²) in [6.07, 6.45) is 12.5. The average molecular weight is 876 g/mol. The third kappa shape index (κ3) is 12.8. The van der Waals surface area contributed by atoms with Crippen molar-refractivity contribution < 1.29 is 23.9 Å². The first-order valence-corrected chi connectivity index (χ1v) is 22.5. The monoisotopic (exact) mass is 876 g/mol. The minimum atomic E-state index is -0.736. The predicted molar refractivity (Wildman–Crippen MR) is 252 cm³/mol. The lowest BCUT2D eigenvalue weighted by atomic mass is 10.0. The van der Waals surface area contributed by atoms with Crippen LogP contribution in [0.1, 0.15) is 88.3 Å². The number of ether oxygens (including phenoxy) is 2. The standard InChI is InChI=1S/C49H65N9O6/c1-9-33(3)11-12-34(4)27-43(54-48(62)64-49(5,6)7)44(50-8)47(61)58-21-17-39(18-22-58)63-38-15-19-57(20-16-38)46(60)40-14-13-37(31-52-40)56-25-23-55(24-26-56)32-35-28-42-41(51-30-35)29-36(10-2)45(59)53-42/h11-14,27-31,38-39H,3-4,9-10,15-26,32H2,1-2,5-8H3,(H,53,59)(H,54,62)/b12-11+,43-27+,50-44?. The van der Waals surface area contributed by atoms with Gasteiger partial charge in [0.05, 0.1) is 40.8 Å². The summed E-state index contributed by atoms with van der Waals surface area (Å²) in [6, 6.07) is 7.71. The van der Waals surface area contributed by atoms with Gasteiger partial charge >= 0.3 is 6.09 Å². The number of piperazine rings is 1. The molecule has 0 saturated carbocycles. The van der Waals surface area contributed by atoms with E-state index in [-0.39, 0.29) is 41.0 Å². The lowest BCUT2D eigenvalue weighted by Crippen LogP contribution is -2.47. The first kappa shape index (κ1) is 47.5. The molecule has 0 radical (unpaired) electrons. The number of likely N-dealkylation sites (tertiary alicyclic amines) is 2. The van der Waals surface area contributed by atoms with Crippen LogP contribution >= 0.6 is 0 Å². The highest BCUT2D eigenvalue weighted by molar-refractivity contribution is 6.45. The molecule has 6 heterocycles. The van der Waals surface area contributed by atoms with Gasteiger partial charge in [0.25, 0.3) is 17.4 Å². The summed E-state index contributed by atoms with van der Waals surface area (Å²) in [6.45, 7) is 23.6. The smallest absolute Gasteiger partial charge is 0.412 e. The van der Waals surface area contributed by atoms with Crippen LogP contribution in [-0.4, -0.2) is 130 Å². The van der Waals surface area contributed by atoms with Crippen molar-refractivity contribution in [3.63, 3.8) is 0 Å². The van der Waals surface area contributed by atoms with E-state index in [0.717, 1.165) is 85.4 Å². The van der Waals surface area contributed by atoms with Crippen molar-refractivity contribution in [3.8, 4) is 0 Å². The molecule has 15 heteroatoms. The number of allylic oxidation sites excluding steroid dienone is 5. The Kier molecular flexibility index (Phi) is 16.1. The van der Waals surface area contributed by atoms with Gasteiger partial charge in [0.2, 0.25) is 0 Å². The number of piperidine rings is 2. The molecule has 0 aliphatic carbocycles. The number of amides is 3. The fraction of sp³-hybridized carbons (Fsp3) is 0.490. The van der Waals surface area contributed by atoms with E-state index in [1.165, 1.54) is 7.05 Å². The summed E-state index contributed by atoms with van der Waals surface area (Å²) in [5.41, 5.74) is 5.80. The fourth-order valence-corrected chi connectivity index (χ4v) is 8.10. The molecule has 2 N–H and O–H groups in total. The molecule has 0 unspecified atom stereocenters. The molecule has 0 spiro atoms. The summed E-state index contributed by atoms with van der Waals surface area (Å²) in [4.78, 5) is 77.3.